The van der Waals surface area contributed by atoms with Crippen LogP contribution in [-0.4, -0.2) is 81.5 Å². The summed E-state index contributed by atoms with van der Waals surface area (Å²) in [5.41, 5.74) is 2.66. The highest BCUT2D eigenvalue weighted by atomic mass is 32.2. The quantitative estimate of drug-likeness (QED) is 0.375. The van der Waals surface area contributed by atoms with E-state index in [1.807, 2.05) is 108 Å². The van der Waals surface area contributed by atoms with E-state index in [1.165, 1.54) is 0 Å². The number of carbonyl (C=O) groups is 3. The molecule has 1 N–H and O–H groups in total. The van der Waals surface area contributed by atoms with Gasteiger partial charge in [-0.15, -0.1) is 11.8 Å². The average Bonchev–Trinajstić information content (AvgIpc) is 3.41. The van der Waals surface area contributed by atoms with E-state index in [0.29, 0.717) is 37.5 Å². The fourth-order valence-corrected chi connectivity index (χ4v) is 9.59. The Bertz CT molecular complexity index is 1660. The van der Waals surface area contributed by atoms with E-state index in [2.05, 4.69) is 6.08 Å². The lowest BCUT2D eigenvalue weighted by Gasteiger charge is -2.38. The number of hydrogen-bond donors (Lipinski definition) is 1. The van der Waals surface area contributed by atoms with Crippen LogP contribution >= 0.6 is 11.8 Å². The minimum absolute atomic E-state index is 0.0807. The molecule has 0 radical (unpaired) electrons. The van der Waals surface area contributed by atoms with Gasteiger partial charge in [0.05, 0.1) is 36.3 Å². The van der Waals surface area contributed by atoms with Gasteiger partial charge in [-0.3, -0.25) is 14.4 Å². The maximum absolute atomic E-state index is 14.9. The molecule has 3 aromatic rings. The monoisotopic (exact) mass is 635 g/mol. The zero-order chi connectivity index (χ0) is 31.8. The minimum atomic E-state index is -0.982. The third-order valence-corrected chi connectivity index (χ3v) is 11.4. The molecule has 9 heteroatoms. The molecule has 0 saturated carbocycles. The van der Waals surface area contributed by atoms with E-state index in [9.17, 15) is 19.5 Å². The van der Waals surface area contributed by atoms with Crippen LogP contribution in [0.5, 0.6) is 5.75 Å². The summed E-state index contributed by atoms with van der Waals surface area (Å²) in [4.78, 5) is 49.4. The van der Waals surface area contributed by atoms with Gasteiger partial charge in [0.1, 0.15) is 11.8 Å². The lowest BCUT2D eigenvalue weighted by molar-refractivity contribution is -0.144. The number of ether oxygens (including phenoxy) is 1. The van der Waals surface area contributed by atoms with Crippen molar-refractivity contribution in [2.75, 3.05) is 31.7 Å². The topological polar surface area (TPSA) is 90.4 Å². The standard InChI is InChI=1S/C37H37N3O5S/c1-45-29-17-15-27(16-18-29)39-21-9-19-37-32(31-30(46-37)14-8-20-38(34(31)42)23-26-12-6-3-7-13-26)35(43)40(33(37)36(39)44)28(24-41)22-25-10-4-2-5-11-25/h2-19,28,30-33,41H,20-24H2,1H3/t28-,30+,31-,32+,33?,37+/m1/s1. The van der Waals surface area contributed by atoms with Gasteiger partial charge in [0.2, 0.25) is 11.8 Å². The molecule has 1 spiro atoms. The van der Waals surface area contributed by atoms with Crippen molar-refractivity contribution < 1.29 is 24.2 Å². The highest BCUT2D eigenvalue weighted by Gasteiger charge is 2.71. The maximum atomic E-state index is 14.9. The van der Waals surface area contributed by atoms with E-state index in [4.69, 9.17) is 4.74 Å². The predicted molar refractivity (Wildman–Crippen MR) is 178 cm³/mol. The number of thioether (sulfide) groups is 1. The van der Waals surface area contributed by atoms with E-state index in [0.717, 1.165) is 11.1 Å². The predicted octanol–water partition coefficient (Wildman–Crippen LogP) is 4.10. The second-order valence-electron chi connectivity index (χ2n) is 12.3. The highest BCUT2D eigenvalue weighted by Crippen LogP contribution is 2.61. The van der Waals surface area contributed by atoms with Crippen molar-refractivity contribution in [3.63, 3.8) is 0 Å². The smallest absolute Gasteiger partial charge is 0.251 e. The molecule has 4 aliphatic heterocycles. The molecule has 2 saturated heterocycles. The zero-order valence-corrected chi connectivity index (χ0v) is 26.5. The summed E-state index contributed by atoms with van der Waals surface area (Å²) >= 11 is 1.55. The molecule has 236 valence electrons. The molecule has 4 heterocycles. The van der Waals surface area contributed by atoms with E-state index >= 15 is 0 Å². The maximum Gasteiger partial charge on any atom is 0.251 e. The minimum Gasteiger partial charge on any atom is -0.497 e. The first kappa shape index (κ1) is 30.3. The highest BCUT2D eigenvalue weighted by molar-refractivity contribution is 8.02. The Labute approximate surface area is 273 Å². The van der Waals surface area contributed by atoms with Crippen LogP contribution in [0.1, 0.15) is 11.1 Å². The Kier molecular flexibility index (Phi) is 8.21. The normalized spacial score (nSPS) is 27.6. The molecule has 2 fully saturated rings. The number of aliphatic hydroxyl groups excluding tert-OH is 1. The molecule has 0 aliphatic carbocycles. The van der Waals surface area contributed by atoms with Crippen molar-refractivity contribution in [1.29, 1.82) is 0 Å². The Morgan fingerprint density at radius 2 is 1.57 bits per heavy atom. The summed E-state index contributed by atoms with van der Waals surface area (Å²) in [6, 6.07) is 25.3. The number of methoxy groups -OCH3 is 1. The molecule has 4 aliphatic rings. The van der Waals surface area contributed by atoms with Gasteiger partial charge in [-0.05, 0) is 41.8 Å². The Hall–Kier alpha value is -4.34. The van der Waals surface area contributed by atoms with Gasteiger partial charge in [-0.25, -0.2) is 0 Å². The van der Waals surface area contributed by atoms with Crippen LogP contribution in [0, 0.1) is 11.8 Å². The van der Waals surface area contributed by atoms with E-state index < -0.39 is 28.7 Å². The molecule has 0 bridgehead atoms. The average molecular weight is 636 g/mol. The van der Waals surface area contributed by atoms with Crippen LogP contribution < -0.4 is 9.64 Å². The fraction of sp³-hybridized carbons (Fsp3) is 0.324. The number of fused-ring (bicyclic) bond motifs is 2. The van der Waals surface area contributed by atoms with Crippen LogP contribution in [0.15, 0.2) is 109 Å². The van der Waals surface area contributed by atoms with Crippen LogP contribution in [0.3, 0.4) is 0 Å². The molecule has 8 nitrogen and oxygen atoms in total. The largest absolute Gasteiger partial charge is 0.497 e. The van der Waals surface area contributed by atoms with E-state index in [-0.39, 0.29) is 29.6 Å². The first-order chi connectivity index (χ1) is 22.4. The molecule has 0 aromatic heterocycles. The number of hydrogen-bond acceptors (Lipinski definition) is 6. The third-order valence-electron chi connectivity index (χ3n) is 9.70. The summed E-state index contributed by atoms with van der Waals surface area (Å²) in [6.45, 7) is 0.897. The summed E-state index contributed by atoms with van der Waals surface area (Å²) < 4.78 is 4.36. The zero-order valence-electron chi connectivity index (χ0n) is 25.6. The Morgan fingerprint density at radius 1 is 0.870 bits per heavy atom. The summed E-state index contributed by atoms with van der Waals surface area (Å²) in [5.74, 6) is -1.29. The first-order valence-electron chi connectivity index (χ1n) is 15.7. The SMILES string of the molecule is COc1ccc(N2CC=C[C@]34S[C@H]5C=CCN(Cc6ccccc6)C(=O)[C@H]5[C@H]3C(=O)N([C@@H](CO)Cc3ccccc3)C4C2=O)cc1. The number of nitrogens with zero attached hydrogens (tertiary/aromatic N) is 3. The van der Waals surface area contributed by atoms with Gasteiger partial charge in [-0.1, -0.05) is 85.0 Å². The molecule has 3 aromatic carbocycles. The van der Waals surface area contributed by atoms with Crippen molar-refractivity contribution >= 4 is 35.2 Å². The summed E-state index contributed by atoms with van der Waals surface area (Å²) in [5, 5.41) is 10.5. The molecule has 7 rings (SSSR count). The van der Waals surface area contributed by atoms with Crippen molar-refractivity contribution in [3.8, 4) is 5.75 Å². The van der Waals surface area contributed by atoms with Crippen molar-refractivity contribution in [2.45, 2.75) is 35.0 Å². The lowest BCUT2D eigenvalue weighted by Crippen LogP contribution is -2.57. The Balaban J connectivity index is 1.31. The van der Waals surface area contributed by atoms with Crippen molar-refractivity contribution in [1.82, 2.24) is 9.80 Å². The van der Waals surface area contributed by atoms with Crippen LogP contribution in [0.25, 0.3) is 0 Å². The Morgan fingerprint density at radius 3 is 2.24 bits per heavy atom. The molecule has 46 heavy (non-hydrogen) atoms. The van der Waals surface area contributed by atoms with Crippen LogP contribution in [0.2, 0.25) is 0 Å². The molecule has 6 atom stereocenters. The first-order valence-corrected chi connectivity index (χ1v) is 16.6. The molecule has 1 unspecified atom stereocenters. The van der Waals surface area contributed by atoms with Gasteiger partial charge in [-0.2, -0.15) is 0 Å². The van der Waals surface area contributed by atoms with Crippen molar-refractivity contribution in [3.05, 3.63) is 120 Å². The van der Waals surface area contributed by atoms with Gasteiger partial charge in [0.25, 0.3) is 5.91 Å². The van der Waals surface area contributed by atoms with Crippen molar-refractivity contribution in [2.24, 2.45) is 11.8 Å². The lowest BCUT2D eigenvalue weighted by atomic mass is 9.78. The van der Waals surface area contributed by atoms with Gasteiger partial charge in [0, 0.05) is 30.6 Å². The number of anilines is 1. The summed E-state index contributed by atoms with van der Waals surface area (Å²) in [6.07, 6.45) is 8.43. The summed E-state index contributed by atoms with van der Waals surface area (Å²) in [7, 11) is 1.60. The third kappa shape index (κ3) is 5.11. The van der Waals surface area contributed by atoms with Gasteiger partial charge in [0.15, 0.2) is 0 Å². The molecular weight excluding hydrogens is 598 g/mol. The van der Waals surface area contributed by atoms with Gasteiger partial charge >= 0.3 is 0 Å². The number of benzene rings is 3. The number of aliphatic hydroxyl groups is 1. The van der Waals surface area contributed by atoms with Crippen LogP contribution in [-0.2, 0) is 27.3 Å². The van der Waals surface area contributed by atoms with E-state index in [1.54, 1.807) is 28.7 Å². The second kappa shape index (κ2) is 12.5. The van der Waals surface area contributed by atoms with Gasteiger partial charge < -0.3 is 24.5 Å². The number of amides is 3. The van der Waals surface area contributed by atoms with Crippen LogP contribution in [0.4, 0.5) is 5.69 Å². The second-order valence-corrected chi connectivity index (χ2v) is 13.8. The molecular formula is C37H37N3O5S. The fourth-order valence-electron chi connectivity index (χ4n) is 7.60. The number of carbonyl (C=O) groups excluding carboxylic acids is 3. The molecule has 3 amide bonds. The number of rotatable bonds is 8. The number of likely N-dealkylation sites (tertiary alicyclic amines) is 1.